The fourth-order valence-electron chi connectivity index (χ4n) is 4.20. The smallest absolute Gasteiger partial charge is 0.220 e. The Hall–Kier alpha value is -1.60. The summed E-state index contributed by atoms with van der Waals surface area (Å²) in [5.41, 5.74) is 1.14. The highest BCUT2D eigenvalue weighted by Crippen LogP contribution is 2.28. The Bertz CT molecular complexity index is 710. The van der Waals surface area contributed by atoms with E-state index in [0.717, 1.165) is 12.1 Å². The molecule has 0 unspecified atom stereocenters. The molecule has 0 aromatic heterocycles. The second-order valence-electron chi connectivity index (χ2n) is 7.93. The SMILES string of the molecule is O=C(CCC1CCCC1)NCCCS(=O)(=O)N1CCN(c2ccccc2)CC1. The van der Waals surface area contributed by atoms with Crippen LogP contribution in [0.3, 0.4) is 0 Å². The van der Waals surface area contributed by atoms with E-state index >= 15 is 0 Å². The lowest BCUT2D eigenvalue weighted by molar-refractivity contribution is -0.121. The molecule has 1 N–H and O–H groups in total. The van der Waals surface area contributed by atoms with Gasteiger partial charge in [-0.05, 0) is 30.9 Å². The largest absolute Gasteiger partial charge is 0.369 e. The molecule has 0 atom stereocenters. The molecule has 1 aliphatic carbocycles. The third-order valence-electron chi connectivity index (χ3n) is 5.91. The van der Waals surface area contributed by atoms with E-state index in [4.69, 9.17) is 0 Å². The van der Waals surface area contributed by atoms with Gasteiger partial charge < -0.3 is 10.2 Å². The highest BCUT2D eigenvalue weighted by Gasteiger charge is 2.26. The average molecular weight is 408 g/mol. The monoisotopic (exact) mass is 407 g/mol. The van der Waals surface area contributed by atoms with E-state index in [2.05, 4.69) is 22.3 Å². The van der Waals surface area contributed by atoms with Crippen LogP contribution in [0.2, 0.25) is 0 Å². The van der Waals surface area contributed by atoms with Crippen LogP contribution in [0, 0.1) is 5.92 Å². The minimum atomic E-state index is -3.26. The van der Waals surface area contributed by atoms with Crippen molar-refractivity contribution in [3.8, 4) is 0 Å². The maximum atomic E-state index is 12.6. The normalized spacial score (nSPS) is 19.1. The Morgan fingerprint density at radius 3 is 2.39 bits per heavy atom. The number of sulfonamides is 1. The van der Waals surface area contributed by atoms with Gasteiger partial charge in [0, 0.05) is 44.8 Å². The van der Waals surface area contributed by atoms with E-state index in [9.17, 15) is 13.2 Å². The van der Waals surface area contributed by atoms with Crippen LogP contribution < -0.4 is 10.2 Å². The van der Waals surface area contributed by atoms with Gasteiger partial charge in [-0.25, -0.2) is 8.42 Å². The van der Waals surface area contributed by atoms with Crippen molar-refractivity contribution >= 4 is 21.6 Å². The summed E-state index contributed by atoms with van der Waals surface area (Å²) in [7, 11) is -3.26. The van der Waals surface area contributed by atoms with Crippen LogP contribution in [0.5, 0.6) is 0 Å². The highest BCUT2D eigenvalue weighted by molar-refractivity contribution is 7.89. The number of hydrogen-bond donors (Lipinski definition) is 1. The van der Waals surface area contributed by atoms with Crippen molar-refractivity contribution in [1.82, 2.24) is 9.62 Å². The number of para-hydroxylation sites is 1. The molecule has 1 saturated heterocycles. The summed E-state index contributed by atoms with van der Waals surface area (Å²) in [6, 6.07) is 10.1. The summed E-state index contributed by atoms with van der Waals surface area (Å²) < 4.78 is 26.7. The molecule has 3 rings (SSSR count). The Morgan fingerprint density at radius 2 is 1.71 bits per heavy atom. The van der Waals surface area contributed by atoms with Crippen molar-refractivity contribution in [1.29, 1.82) is 0 Å². The Labute approximate surface area is 169 Å². The molecule has 2 aliphatic rings. The third kappa shape index (κ3) is 6.21. The van der Waals surface area contributed by atoms with E-state index in [0.29, 0.717) is 51.5 Å². The standard InChI is InChI=1S/C21H33N3O3S/c25-21(12-11-19-7-4-5-8-19)22-13-6-18-28(26,27)24-16-14-23(15-17-24)20-9-2-1-3-10-20/h1-3,9-10,19H,4-8,11-18H2,(H,22,25). The topological polar surface area (TPSA) is 69.7 Å². The van der Waals surface area contributed by atoms with Gasteiger partial charge in [0.1, 0.15) is 0 Å². The minimum absolute atomic E-state index is 0.0563. The third-order valence-corrected chi connectivity index (χ3v) is 7.87. The van der Waals surface area contributed by atoms with Crippen LogP contribution in [0.25, 0.3) is 0 Å². The summed E-state index contributed by atoms with van der Waals surface area (Å²) >= 11 is 0. The van der Waals surface area contributed by atoms with E-state index in [1.807, 2.05) is 18.2 Å². The summed E-state index contributed by atoms with van der Waals surface area (Å²) in [6.07, 6.45) is 7.10. The van der Waals surface area contributed by atoms with Crippen molar-refractivity contribution in [3.05, 3.63) is 30.3 Å². The Morgan fingerprint density at radius 1 is 1.04 bits per heavy atom. The van der Waals surface area contributed by atoms with Gasteiger partial charge >= 0.3 is 0 Å². The highest BCUT2D eigenvalue weighted by atomic mass is 32.2. The average Bonchev–Trinajstić information content (AvgIpc) is 3.24. The minimum Gasteiger partial charge on any atom is -0.369 e. The molecule has 0 radical (unpaired) electrons. The quantitative estimate of drug-likeness (QED) is 0.639. The molecular weight excluding hydrogens is 374 g/mol. The molecule has 2 fully saturated rings. The number of hydrogen-bond acceptors (Lipinski definition) is 4. The maximum Gasteiger partial charge on any atom is 0.220 e. The number of amides is 1. The van der Waals surface area contributed by atoms with Gasteiger partial charge in [0.05, 0.1) is 5.75 Å². The van der Waals surface area contributed by atoms with Crippen molar-refractivity contribution < 1.29 is 13.2 Å². The predicted octanol–water partition coefficient (Wildman–Crippen LogP) is 2.62. The van der Waals surface area contributed by atoms with Crippen LogP contribution >= 0.6 is 0 Å². The van der Waals surface area contributed by atoms with Gasteiger partial charge in [-0.2, -0.15) is 4.31 Å². The second-order valence-corrected chi connectivity index (χ2v) is 10.0. The van der Waals surface area contributed by atoms with E-state index in [1.54, 1.807) is 4.31 Å². The van der Waals surface area contributed by atoms with Gasteiger partial charge in [0.25, 0.3) is 0 Å². The molecule has 28 heavy (non-hydrogen) atoms. The molecular formula is C21H33N3O3S. The van der Waals surface area contributed by atoms with Crippen LogP contribution in [-0.2, 0) is 14.8 Å². The fourth-order valence-corrected chi connectivity index (χ4v) is 5.68. The van der Waals surface area contributed by atoms with Gasteiger partial charge in [-0.1, -0.05) is 43.9 Å². The molecule has 1 aliphatic heterocycles. The van der Waals surface area contributed by atoms with Gasteiger partial charge in [0.2, 0.25) is 15.9 Å². The molecule has 1 aromatic rings. The number of benzene rings is 1. The van der Waals surface area contributed by atoms with Gasteiger partial charge in [-0.15, -0.1) is 0 Å². The number of carbonyl (C=O) groups excluding carboxylic acids is 1. The van der Waals surface area contributed by atoms with E-state index < -0.39 is 10.0 Å². The van der Waals surface area contributed by atoms with Crippen molar-refractivity contribution in [2.75, 3.05) is 43.4 Å². The summed E-state index contributed by atoms with van der Waals surface area (Å²) in [5, 5.41) is 2.88. The summed E-state index contributed by atoms with van der Waals surface area (Å²) in [6.45, 7) is 2.89. The molecule has 1 heterocycles. The summed E-state index contributed by atoms with van der Waals surface area (Å²) in [5.74, 6) is 0.864. The number of rotatable bonds is 9. The first-order valence-corrected chi connectivity index (χ1v) is 12.2. The van der Waals surface area contributed by atoms with Crippen LogP contribution in [0.15, 0.2) is 30.3 Å². The molecule has 0 bridgehead atoms. The molecule has 1 amide bonds. The van der Waals surface area contributed by atoms with Gasteiger partial charge in [-0.3, -0.25) is 4.79 Å². The first kappa shape index (κ1) is 21.1. The zero-order valence-corrected chi connectivity index (χ0v) is 17.5. The maximum absolute atomic E-state index is 12.6. The zero-order chi connectivity index (χ0) is 19.8. The van der Waals surface area contributed by atoms with Crippen molar-refractivity contribution in [3.63, 3.8) is 0 Å². The number of piperazine rings is 1. The van der Waals surface area contributed by atoms with Crippen LogP contribution in [0.1, 0.15) is 44.9 Å². The van der Waals surface area contributed by atoms with Crippen molar-refractivity contribution in [2.45, 2.75) is 44.9 Å². The lowest BCUT2D eigenvalue weighted by Gasteiger charge is -2.35. The van der Waals surface area contributed by atoms with Crippen LogP contribution in [0.4, 0.5) is 5.69 Å². The summed E-state index contributed by atoms with van der Waals surface area (Å²) in [4.78, 5) is 14.1. The number of nitrogens with zero attached hydrogens (tertiary/aromatic N) is 2. The molecule has 1 aromatic carbocycles. The van der Waals surface area contributed by atoms with Gasteiger partial charge in [0.15, 0.2) is 0 Å². The molecule has 7 heteroatoms. The predicted molar refractivity (Wildman–Crippen MR) is 113 cm³/mol. The van der Waals surface area contributed by atoms with Crippen molar-refractivity contribution in [2.24, 2.45) is 5.92 Å². The molecule has 0 spiro atoms. The zero-order valence-electron chi connectivity index (χ0n) is 16.7. The van der Waals surface area contributed by atoms with E-state index in [-0.39, 0.29) is 11.7 Å². The number of carbonyl (C=O) groups is 1. The molecule has 1 saturated carbocycles. The first-order chi connectivity index (χ1) is 13.5. The fraction of sp³-hybridized carbons (Fsp3) is 0.667. The molecule has 6 nitrogen and oxygen atoms in total. The Balaban J connectivity index is 1.32. The lowest BCUT2D eigenvalue weighted by Crippen LogP contribution is -2.49. The first-order valence-electron chi connectivity index (χ1n) is 10.6. The van der Waals surface area contributed by atoms with E-state index in [1.165, 1.54) is 25.7 Å². The molecule has 156 valence electrons. The number of anilines is 1. The van der Waals surface area contributed by atoms with Crippen LogP contribution in [-0.4, -0.2) is 57.1 Å². The Kier molecular flexibility index (Phi) is 7.73. The number of nitrogens with one attached hydrogen (secondary N) is 1. The second kappa shape index (κ2) is 10.3. The lowest BCUT2D eigenvalue weighted by atomic mass is 10.0.